The van der Waals surface area contributed by atoms with Gasteiger partial charge in [-0.1, -0.05) is 19.8 Å². The molecule has 118 valence electrons. The lowest BCUT2D eigenvalue weighted by molar-refractivity contribution is -0.116. The van der Waals surface area contributed by atoms with Gasteiger partial charge in [0.15, 0.2) is 5.78 Å². The van der Waals surface area contributed by atoms with Crippen molar-refractivity contribution in [2.75, 3.05) is 5.73 Å². The number of fused-ring (bicyclic) bond motifs is 3. The molecular weight excluding hydrogens is 345 g/mol. The molecule has 0 aromatic heterocycles. The second-order valence-corrected chi connectivity index (χ2v) is 7.39. The predicted octanol–water partition coefficient (Wildman–Crippen LogP) is 5.04. The Balaban J connectivity index is 2.23. The predicted molar refractivity (Wildman–Crippen MR) is 91.0 cm³/mol. The number of ketones is 1. The Morgan fingerprint density at radius 2 is 2.18 bits per heavy atom. The highest BCUT2D eigenvalue weighted by Gasteiger charge is 2.46. The molecule has 0 saturated heterocycles. The maximum Gasteiger partial charge on any atom is 0.158 e. The number of nitrogens with two attached hydrogens (primary N) is 1. The summed E-state index contributed by atoms with van der Waals surface area (Å²) >= 11 is 3.47. The second kappa shape index (κ2) is 5.48. The number of rotatable bonds is 3. The van der Waals surface area contributed by atoms with Crippen LogP contribution < -0.4 is 5.73 Å². The zero-order chi connectivity index (χ0) is 16.1. The van der Waals surface area contributed by atoms with Crippen LogP contribution in [0.1, 0.15) is 57.1 Å². The summed E-state index contributed by atoms with van der Waals surface area (Å²) in [5.41, 5.74) is 9.85. The van der Waals surface area contributed by atoms with Crippen molar-refractivity contribution < 1.29 is 9.18 Å². The Labute approximate surface area is 139 Å². The standard InChI is InChI=1S/C18H21BrFNO/c1-3-4-6-18-7-5-14(22)10(2)15(18)11-8-13(20)17(21)16(19)12(11)9-18/h8H,3-7,9,21H2,1-2H3. The molecule has 1 unspecified atom stereocenters. The van der Waals surface area contributed by atoms with Crippen LogP contribution in [0.5, 0.6) is 0 Å². The van der Waals surface area contributed by atoms with Gasteiger partial charge in [-0.15, -0.1) is 0 Å². The van der Waals surface area contributed by atoms with Crippen molar-refractivity contribution in [2.24, 2.45) is 5.41 Å². The lowest BCUT2D eigenvalue weighted by Gasteiger charge is -2.36. The van der Waals surface area contributed by atoms with Crippen molar-refractivity contribution in [3.8, 4) is 0 Å². The van der Waals surface area contributed by atoms with Crippen molar-refractivity contribution in [1.82, 2.24) is 0 Å². The third-order valence-corrected chi connectivity index (χ3v) is 6.21. The minimum atomic E-state index is -0.407. The van der Waals surface area contributed by atoms with Gasteiger partial charge in [0.2, 0.25) is 0 Å². The number of carbonyl (C=O) groups excluding carboxylic acids is 1. The number of anilines is 1. The van der Waals surface area contributed by atoms with E-state index >= 15 is 0 Å². The van der Waals surface area contributed by atoms with E-state index in [9.17, 15) is 9.18 Å². The molecule has 22 heavy (non-hydrogen) atoms. The Morgan fingerprint density at radius 1 is 1.45 bits per heavy atom. The van der Waals surface area contributed by atoms with E-state index in [1.165, 1.54) is 6.07 Å². The number of hydrogen-bond donors (Lipinski definition) is 1. The minimum Gasteiger partial charge on any atom is -0.395 e. The molecule has 4 heteroatoms. The van der Waals surface area contributed by atoms with E-state index in [1.807, 2.05) is 6.92 Å². The summed E-state index contributed by atoms with van der Waals surface area (Å²) in [6.45, 7) is 4.07. The Kier molecular flexibility index (Phi) is 3.92. The van der Waals surface area contributed by atoms with Crippen LogP contribution in [0.2, 0.25) is 0 Å². The molecule has 1 aromatic rings. The van der Waals surface area contributed by atoms with Gasteiger partial charge in [-0.25, -0.2) is 4.39 Å². The van der Waals surface area contributed by atoms with Gasteiger partial charge < -0.3 is 5.73 Å². The zero-order valence-electron chi connectivity index (χ0n) is 13.1. The van der Waals surface area contributed by atoms with Crippen LogP contribution in [0.15, 0.2) is 16.1 Å². The second-order valence-electron chi connectivity index (χ2n) is 6.60. The maximum atomic E-state index is 14.1. The average Bonchev–Trinajstić information content (AvgIpc) is 2.82. The van der Waals surface area contributed by atoms with Gasteiger partial charge in [-0.2, -0.15) is 0 Å². The van der Waals surface area contributed by atoms with Crippen molar-refractivity contribution in [3.05, 3.63) is 33.1 Å². The minimum absolute atomic E-state index is 0.0148. The first-order valence-corrected chi connectivity index (χ1v) is 8.72. The van der Waals surface area contributed by atoms with E-state index in [0.29, 0.717) is 10.9 Å². The van der Waals surface area contributed by atoms with Crippen molar-refractivity contribution >= 4 is 33.0 Å². The fraction of sp³-hybridized carbons (Fsp3) is 0.500. The molecule has 0 aliphatic heterocycles. The van der Waals surface area contributed by atoms with E-state index in [2.05, 4.69) is 22.9 Å². The molecule has 0 amide bonds. The lowest BCUT2D eigenvalue weighted by atomic mass is 9.67. The quantitative estimate of drug-likeness (QED) is 0.762. The molecule has 2 N–H and O–H groups in total. The number of nitrogen functional groups attached to an aromatic ring is 1. The molecule has 0 fully saturated rings. The number of Topliss-reactive ketones (excluding diaryl/α,β-unsaturated/α-hetero) is 1. The van der Waals surface area contributed by atoms with E-state index in [0.717, 1.165) is 54.4 Å². The first-order valence-electron chi connectivity index (χ1n) is 7.92. The van der Waals surface area contributed by atoms with Gasteiger partial charge in [0.1, 0.15) is 5.82 Å². The van der Waals surface area contributed by atoms with Crippen molar-refractivity contribution in [2.45, 2.75) is 52.4 Å². The Bertz CT molecular complexity index is 695. The van der Waals surface area contributed by atoms with Gasteiger partial charge in [0.05, 0.1) is 5.69 Å². The van der Waals surface area contributed by atoms with Gasteiger partial charge >= 0.3 is 0 Å². The molecule has 2 aliphatic rings. The van der Waals surface area contributed by atoms with Crippen LogP contribution in [0, 0.1) is 11.2 Å². The maximum absolute atomic E-state index is 14.1. The third-order valence-electron chi connectivity index (χ3n) is 5.30. The first kappa shape index (κ1) is 15.7. The molecule has 2 nitrogen and oxygen atoms in total. The third kappa shape index (κ3) is 2.15. The molecule has 1 aromatic carbocycles. The number of unbranched alkanes of at least 4 members (excludes halogenated alkanes) is 1. The summed E-state index contributed by atoms with van der Waals surface area (Å²) in [6.07, 6.45) is 5.60. The van der Waals surface area contributed by atoms with Crippen molar-refractivity contribution in [1.29, 1.82) is 0 Å². The Morgan fingerprint density at radius 3 is 2.86 bits per heavy atom. The van der Waals surface area contributed by atoms with Crippen LogP contribution in [0.4, 0.5) is 10.1 Å². The summed E-state index contributed by atoms with van der Waals surface area (Å²) in [5, 5.41) is 0. The number of carbonyl (C=O) groups is 1. The summed E-state index contributed by atoms with van der Waals surface area (Å²) < 4.78 is 14.8. The fourth-order valence-corrected chi connectivity index (χ4v) is 4.68. The average molecular weight is 366 g/mol. The number of halogens is 2. The number of benzene rings is 1. The Hall–Kier alpha value is -1.16. The topological polar surface area (TPSA) is 43.1 Å². The van der Waals surface area contributed by atoms with E-state index in [1.54, 1.807) is 0 Å². The van der Waals surface area contributed by atoms with Crippen LogP contribution in [-0.4, -0.2) is 5.78 Å². The molecule has 0 heterocycles. The largest absolute Gasteiger partial charge is 0.395 e. The molecular formula is C18H21BrFNO. The van der Waals surface area contributed by atoms with Gasteiger partial charge in [0.25, 0.3) is 0 Å². The van der Waals surface area contributed by atoms with Crippen LogP contribution in [-0.2, 0) is 11.2 Å². The van der Waals surface area contributed by atoms with Crippen LogP contribution in [0.3, 0.4) is 0 Å². The molecule has 0 spiro atoms. The lowest BCUT2D eigenvalue weighted by Crippen LogP contribution is -2.28. The highest BCUT2D eigenvalue weighted by Crippen LogP contribution is 2.58. The van der Waals surface area contributed by atoms with Gasteiger partial charge in [-0.05, 0) is 70.5 Å². The van der Waals surface area contributed by atoms with Gasteiger partial charge in [-0.3, -0.25) is 4.79 Å². The number of allylic oxidation sites excluding steroid dienone is 2. The molecule has 3 rings (SSSR count). The highest BCUT2D eigenvalue weighted by molar-refractivity contribution is 9.10. The van der Waals surface area contributed by atoms with Crippen LogP contribution in [0.25, 0.3) is 5.57 Å². The molecule has 0 radical (unpaired) electrons. The number of hydrogen-bond acceptors (Lipinski definition) is 2. The first-order chi connectivity index (χ1) is 10.4. The molecule has 1 atom stereocenters. The van der Waals surface area contributed by atoms with Gasteiger partial charge in [0, 0.05) is 16.3 Å². The summed E-state index contributed by atoms with van der Waals surface area (Å²) in [6, 6.07) is 1.53. The SMILES string of the molecule is CCCCC12CCC(=O)C(C)=C1c1cc(F)c(N)c(Br)c1C2. The smallest absolute Gasteiger partial charge is 0.158 e. The monoisotopic (exact) mass is 365 g/mol. The fourth-order valence-electron chi connectivity index (χ4n) is 4.13. The van der Waals surface area contributed by atoms with E-state index in [4.69, 9.17) is 5.73 Å². The molecule has 0 saturated carbocycles. The van der Waals surface area contributed by atoms with Crippen molar-refractivity contribution in [3.63, 3.8) is 0 Å². The van der Waals surface area contributed by atoms with E-state index in [-0.39, 0.29) is 16.9 Å². The molecule has 0 bridgehead atoms. The summed E-state index contributed by atoms with van der Waals surface area (Å²) in [4.78, 5) is 12.2. The normalized spacial score (nSPS) is 23.7. The molecule has 2 aliphatic carbocycles. The summed E-state index contributed by atoms with van der Waals surface area (Å²) in [5.74, 6) is -0.210. The highest BCUT2D eigenvalue weighted by atomic mass is 79.9. The van der Waals surface area contributed by atoms with Crippen LogP contribution >= 0.6 is 15.9 Å². The van der Waals surface area contributed by atoms with E-state index < -0.39 is 5.82 Å². The summed E-state index contributed by atoms with van der Waals surface area (Å²) in [7, 11) is 0. The zero-order valence-corrected chi connectivity index (χ0v) is 14.6.